The smallest absolute Gasteiger partial charge is 0.268 e. The molecule has 0 spiro atoms. The Morgan fingerprint density at radius 3 is 2.71 bits per heavy atom. The molecule has 2 heterocycles. The molecule has 0 saturated heterocycles. The van der Waals surface area contributed by atoms with Crippen molar-refractivity contribution >= 4 is 34.8 Å². The molecule has 0 atom stereocenters. The van der Waals surface area contributed by atoms with E-state index in [-0.39, 0.29) is 16.4 Å². The molecule has 14 heteroatoms. The monoisotopic (exact) mass is 378 g/mol. The molecule has 4 N–H and O–H groups in total. The number of carbonyl (C=O) groups is 1. The van der Waals surface area contributed by atoms with Gasteiger partial charge in [0.05, 0.1) is 24.5 Å². The van der Waals surface area contributed by atoms with Crippen LogP contribution in [0.25, 0.3) is 0 Å². The molecule has 0 aliphatic carbocycles. The fourth-order valence-electron chi connectivity index (χ4n) is 1.22. The summed E-state index contributed by atoms with van der Waals surface area (Å²) in [5.74, 6) is -0.594. The van der Waals surface area contributed by atoms with Crippen molar-refractivity contribution in [2.24, 2.45) is 10.8 Å². The van der Waals surface area contributed by atoms with E-state index in [1.54, 1.807) is 6.20 Å². The highest BCUT2D eigenvalue weighted by Crippen LogP contribution is 2.16. The third kappa shape index (κ3) is 6.97. The lowest BCUT2D eigenvalue weighted by Crippen LogP contribution is -2.34. The van der Waals surface area contributed by atoms with E-state index in [2.05, 4.69) is 25.8 Å². The normalized spacial score (nSPS) is 10.5. The van der Waals surface area contributed by atoms with Crippen molar-refractivity contribution in [2.45, 2.75) is 6.54 Å². The standard InChI is InChI=1S/C6H8ClN5O2S.C4H4FN3O/c1-8-6(11-12(13)14)10-3-4-2-9-5(7)15-4;5-8-2-3(1-7-8)4(6)9/h2H,3H2,1H3,(H2,8,10,11);1-2H,(H2,6,9). The molecule has 0 saturated carbocycles. The number of hydrogen-bond acceptors (Lipinski definition) is 6. The summed E-state index contributed by atoms with van der Waals surface area (Å²) < 4.78 is 12.3. The zero-order valence-electron chi connectivity index (χ0n) is 12.1. The molecule has 2 rings (SSSR count). The molecule has 130 valence electrons. The van der Waals surface area contributed by atoms with Crippen molar-refractivity contribution in [1.82, 2.24) is 25.6 Å². The van der Waals surface area contributed by atoms with E-state index in [1.807, 2.05) is 0 Å². The number of guanidine groups is 1. The number of carbonyl (C=O) groups excluding carboxylic acids is 1. The first-order chi connectivity index (χ1) is 11.3. The summed E-state index contributed by atoms with van der Waals surface area (Å²) in [5.41, 5.74) is 4.84. The van der Waals surface area contributed by atoms with E-state index in [0.717, 1.165) is 17.3 Å². The minimum atomic E-state index is -0.779. The van der Waals surface area contributed by atoms with Gasteiger partial charge in [-0.2, -0.15) is 5.10 Å². The molecule has 0 aliphatic heterocycles. The molecular formula is C10H12ClFN8O3S. The lowest BCUT2D eigenvalue weighted by Gasteiger charge is -2.02. The van der Waals surface area contributed by atoms with Gasteiger partial charge in [-0.05, 0) is 0 Å². The summed E-state index contributed by atoms with van der Waals surface area (Å²) in [4.78, 5) is 25.0. The minimum Gasteiger partial charge on any atom is -0.365 e. The molecule has 24 heavy (non-hydrogen) atoms. The second-order valence-corrected chi connectivity index (χ2v) is 5.55. The average Bonchev–Trinajstić information content (AvgIpc) is 3.12. The van der Waals surface area contributed by atoms with Gasteiger partial charge >= 0.3 is 0 Å². The van der Waals surface area contributed by atoms with Crippen molar-refractivity contribution < 1.29 is 14.3 Å². The number of nitrogens with one attached hydrogen (secondary N) is 2. The van der Waals surface area contributed by atoms with E-state index in [1.165, 1.54) is 18.4 Å². The molecule has 0 fully saturated rings. The van der Waals surface area contributed by atoms with Gasteiger partial charge < -0.3 is 16.4 Å². The van der Waals surface area contributed by atoms with Crippen molar-refractivity contribution in [1.29, 1.82) is 0 Å². The van der Waals surface area contributed by atoms with Gasteiger partial charge in [-0.15, -0.1) is 16.2 Å². The van der Waals surface area contributed by atoms with Crippen LogP contribution in [-0.2, 0) is 6.54 Å². The fourth-order valence-corrected chi connectivity index (χ4v) is 2.14. The third-order valence-corrected chi connectivity index (χ3v) is 3.33. The third-order valence-electron chi connectivity index (χ3n) is 2.21. The molecule has 0 radical (unpaired) electrons. The number of aromatic nitrogens is 3. The number of thiazole rings is 1. The molecule has 2 aromatic heterocycles. The molecule has 0 bridgehead atoms. The Balaban J connectivity index is 0.000000272. The van der Waals surface area contributed by atoms with Crippen LogP contribution in [-0.4, -0.2) is 38.9 Å². The zero-order chi connectivity index (χ0) is 18.1. The zero-order valence-corrected chi connectivity index (χ0v) is 13.7. The molecule has 1 amide bonds. The van der Waals surface area contributed by atoms with Gasteiger partial charge in [0.15, 0.2) is 9.50 Å². The summed E-state index contributed by atoms with van der Waals surface area (Å²) in [5, 5.41) is 20.8. The topological polar surface area (TPSA) is 153 Å². The molecule has 0 aliphatic rings. The molecular weight excluding hydrogens is 367 g/mol. The lowest BCUT2D eigenvalue weighted by molar-refractivity contribution is -0.485. The quantitative estimate of drug-likeness (QED) is 0.300. The molecule has 0 aromatic carbocycles. The molecule has 2 aromatic rings. The summed E-state index contributed by atoms with van der Waals surface area (Å²) >= 11 is 6.92. The van der Waals surface area contributed by atoms with Crippen LogP contribution >= 0.6 is 22.9 Å². The summed E-state index contributed by atoms with van der Waals surface area (Å²) in [6.07, 6.45) is 3.56. The number of nitro groups is 1. The summed E-state index contributed by atoms with van der Waals surface area (Å²) in [6.45, 7) is 0.387. The Kier molecular flexibility index (Phi) is 7.51. The van der Waals surface area contributed by atoms with Crippen molar-refractivity contribution in [3.63, 3.8) is 0 Å². The van der Waals surface area contributed by atoms with E-state index in [4.69, 9.17) is 17.3 Å². The second kappa shape index (κ2) is 9.36. The SMILES string of the molecule is CN/C(=N\[N+](=O)[O-])NCc1cnc(Cl)s1.NC(=O)c1cnn(F)c1. The van der Waals surface area contributed by atoms with Gasteiger partial charge in [0.2, 0.25) is 0 Å². The Morgan fingerprint density at radius 1 is 1.62 bits per heavy atom. The van der Waals surface area contributed by atoms with E-state index < -0.39 is 10.9 Å². The number of amides is 1. The van der Waals surface area contributed by atoms with Gasteiger partial charge in [-0.3, -0.25) is 4.79 Å². The maximum atomic E-state index is 11.9. The van der Waals surface area contributed by atoms with Crippen LogP contribution in [0.4, 0.5) is 4.48 Å². The van der Waals surface area contributed by atoms with Gasteiger partial charge in [-0.25, -0.2) is 15.1 Å². The Hall–Kier alpha value is -2.80. The summed E-state index contributed by atoms with van der Waals surface area (Å²) in [6, 6.07) is 0. The van der Waals surface area contributed by atoms with Gasteiger partial charge in [0.25, 0.3) is 11.9 Å². The average molecular weight is 379 g/mol. The van der Waals surface area contributed by atoms with E-state index in [9.17, 15) is 19.4 Å². The number of nitrogens with zero attached hydrogens (tertiary/aromatic N) is 5. The van der Waals surface area contributed by atoms with Gasteiger partial charge in [0.1, 0.15) is 5.10 Å². The highest BCUT2D eigenvalue weighted by atomic mass is 35.5. The first-order valence-corrected chi connectivity index (χ1v) is 7.26. The van der Waals surface area contributed by atoms with Gasteiger partial charge in [0, 0.05) is 18.1 Å². The van der Waals surface area contributed by atoms with Crippen LogP contribution in [0.2, 0.25) is 4.47 Å². The highest BCUT2D eigenvalue weighted by Gasteiger charge is 2.04. The van der Waals surface area contributed by atoms with Crippen molar-refractivity contribution in [3.8, 4) is 0 Å². The van der Waals surface area contributed by atoms with Crippen molar-refractivity contribution in [2.75, 3.05) is 7.05 Å². The number of hydrogen-bond donors (Lipinski definition) is 3. The molecule has 11 nitrogen and oxygen atoms in total. The van der Waals surface area contributed by atoms with Crippen molar-refractivity contribution in [3.05, 3.63) is 43.6 Å². The molecule has 0 unspecified atom stereocenters. The number of hydrazone groups is 1. The Labute approximate surface area is 143 Å². The maximum Gasteiger partial charge on any atom is 0.268 e. The predicted octanol–water partition coefficient (Wildman–Crippen LogP) is 0.368. The van der Waals surface area contributed by atoms with Crippen LogP contribution < -0.4 is 16.4 Å². The van der Waals surface area contributed by atoms with Crippen LogP contribution in [0.3, 0.4) is 0 Å². The predicted molar refractivity (Wildman–Crippen MR) is 84.7 cm³/mol. The number of primary amides is 1. The van der Waals surface area contributed by atoms with Crippen LogP contribution in [0.1, 0.15) is 15.2 Å². The Morgan fingerprint density at radius 2 is 2.33 bits per heavy atom. The minimum absolute atomic E-state index is 0.0279. The largest absolute Gasteiger partial charge is 0.365 e. The fraction of sp³-hybridized carbons (Fsp3) is 0.200. The van der Waals surface area contributed by atoms with Crippen LogP contribution in [0, 0.1) is 10.1 Å². The first-order valence-electron chi connectivity index (χ1n) is 6.07. The number of halogens is 2. The maximum absolute atomic E-state index is 11.9. The first kappa shape index (κ1) is 19.2. The van der Waals surface area contributed by atoms with E-state index in [0.29, 0.717) is 11.0 Å². The van der Waals surface area contributed by atoms with Crippen LogP contribution in [0.5, 0.6) is 0 Å². The lowest BCUT2D eigenvalue weighted by atomic mass is 10.4. The van der Waals surface area contributed by atoms with Crippen LogP contribution in [0.15, 0.2) is 23.7 Å². The summed E-state index contributed by atoms with van der Waals surface area (Å²) in [7, 11) is 1.54. The second-order valence-electron chi connectivity index (χ2n) is 3.85. The number of rotatable bonds is 4. The Bertz CT molecular complexity index is 733. The van der Waals surface area contributed by atoms with E-state index >= 15 is 0 Å². The highest BCUT2D eigenvalue weighted by molar-refractivity contribution is 7.15. The van der Waals surface area contributed by atoms with Gasteiger partial charge in [-0.1, -0.05) is 16.1 Å². The number of nitrogens with two attached hydrogens (primary N) is 1.